The highest BCUT2D eigenvalue weighted by molar-refractivity contribution is 6.62. The summed E-state index contributed by atoms with van der Waals surface area (Å²) in [7, 11) is 0. The van der Waals surface area contributed by atoms with Crippen LogP contribution in [-0.4, -0.2) is 63.2 Å². The molecule has 9 N–H and O–H groups in total. The zero-order valence-corrected chi connectivity index (χ0v) is 76.3. The highest BCUT2D eigenvalue weighted by Gasteiger charge is 2.25. The maximum absolute atomic E-state index is 14.7. The summed E-state index contributed by atoms with van der Waals surface area (Å²) >= 11 is 17.2. The lowest BCUT2D eigenvalue weighted by Gasteiger charge is -2.20. The summed E-state index contributed by atoms with van der Waals surface area (Å²) in [5, 5.41) is 7.88. The number of carbonyl (C=O) groups excluding carboxylic acids is 5. The van der Waals surface area contributed by atoms with Gasteiger partial charge in [0.25, 0.3) is 0 Å². The minimum Gasteiger partial charge on any atom is -0.457 e. The number of nitrogens with two attached hydrogens (primary N) is 4. The van der Waals surface area contributed by atoms with E-state index in [1.807, 2.05) is 57.2 Å². The summed E-state index contributed by atoms with van der Waals surface area (Å²) in [6.07, 6.45) is 11.0. The van der Waals surface area contributed by atoms with Gasteiger partial charge in [0.05, 0.1) is 28.5 Å². The van der Waals surface area contributed by atoms with Crippen molar-refractivity contribution in [2.24, 2.45) is 0 Å². The molecule has 0 bridgehead atoms. The molecular formula is C101H97Cl3F6N12O10. The molecule has 0 aliphatic rings. The summed E-state index contributed by atoms with van der Waals surface area (Å²) in [6, 6.07) is 57.3. The average molecular weight is 1860 g/mol. The normalized spacial score (nSPS) is 10.9. The molecule has 8 aromatic carbocycles. The van der Waals surface area contributed by atoms with E-state index in [0.717, 1.165) is 27.9 Å². The first-order valence-corrected chi connectivity index (χ1v) is 42.0. The van der Waals surface area contributed by atoms with E-state index in [1.54, 1.807) is 145 Å². The number of hydrogen-bond acceptors (Lipinski definition) is 20. The number of carbonyl (C=O) groups is 5. The third kappa shape index (κ3) is 32.9. The highest BCUT2D eigenvalue weighted by Crippen LogP contribution is 2.35. The predicted octanol–water partition coefficient (Wildman–Crippen LogP) is 23.7. The van der Waals surface area contributed by atoms with E-state index in [1.165, 1.54) is 99.2 Å². The fraction of sp³-hybridized carbons (Fsp3) is 0.198. The molecule has 31 heteroatoms. The van der Waals surface area contributed by atoms with Crippen LogP contribution < -0.4 is 51.9 Å². The minimum absolute atomic E-state index is 0.0234. The summed E-state index contributed by atoms with van der Waals surface area (Å²) in [5.74, 6) is 1.53. The Labute approximate surface area is 775 Å². The van der Waals surface area contributed by atoms with Gasteiger partial charge in [0.1, 0.15) is 127 Å². The summed E-state index contributed by atoms with van der Waals surface area (Å²) in [4.78, 5) is 78.0. The molecule has 0 fully saturated rings. The number of benzene rings is 8. The number of nitrogens with zero attached hydrogens (tertiary/aromatic N) is 7. The van der Waals surface area contributed by atoms with Crippen molar-refractivity contribution < 1.29 is 74.0 Å². The Kier molecular flexibility index (Phi) is 36.2. The molecule has 0 saturated carbocycles. The Morgan fingerprint density at radius 1 is 0.364 bits per heavy atom. The third-order valence-corrected chi connectivity index (χ3v) is 19.5. The van der Waals surface area contributed by atoms with Gasteiger partial charge in [0, 0.05) is 160 Å². The maximum atomic E-state index is 14.7. The fourth-order valence-electron chi connectivity index (χ4n) is 12.1. The SMILES string of the molecule is CC(=O)Cl.CC(=O)Nc1cc(Oc2ccc(CC(=O)Cc3cc(C(C)(C)C)ccc3Cl)c(F)c2)ccn1.CC(C)(C)c1cc(CC(=O)Cc2ccc(Oc3ccncc3)cc2F)n(-c2cccc(F)c2)n1.CC(C)(C)c1ccc(Cl)c(CC(=O)Cc2ccc(Oc3ccnc(N)c3)cc2F)c1.Nc1cc(Oc2ccc(N)c(F)c2)ccn1.Nc1ccc(Oc2ccncc2)cc1F. The van der Waals surface area contributed by atoms with Gasteiger partial charge in [0.2, 0.25) is 11.1 Å². The first-order valence-electron chi connectivity index (χ1n) is 40.9. The van der Waals surface area contributed by atoms with Gasteiger partial charge in [-0.25, -0.2) is 46.0 Å². The van der Waals surface area contributed by atoms with Crippen molar-refractivity contribution in [1.82, 2.24) is 34.7 Å². The Morgan fingerprint density at radius 3 is 1.06 bits per heavy atom. The van der Waals surface area contributed by atoms with Crippen molar-refractivity contribution in [2.75, 3.05) is 28.3 Å². The number of nitrogen functional groups attached to an aromatic ring is 4. The first-order chi connectivity index (χ1) is 62.4. The second-order valence-electron chi connectivity index (χ2n) is 32.8. The Balaban J connectivity index is 0.000000189. The molecule has 14 aromatic rings. The number of ketones is 3. The predicted molar refractivity (Wildman–Crippen MR) is 502 cm³/mol. The molecule has 14 rings (SSSR count). The average Bonchev–Trinajstić information content (AvgIpc) is 1.64. The monoisotopic (exact) mass is 1860 g/mol. The molecule has 0 spiro atoms. The Morgan fingerprint density at radius 2 is 0.705 bits per heavy atom. The fourth-order valence-corrected chi connectivity index (χ4v) is 12.5. The van der Waals surface area contributed by atoms with Crippen molar-refractivity contribution in [2.45, 2.75) is 131 Å². The van der Waals surface area contributed by atoms with Crippen molar-refractivity contribution in [3.8, 4) is 63.2 Å². The number of aromatic nitrogens is 7. The van der Waals surface area contributed by atoms with Crippen LogP contribution in [0.4, 0.5) is 55.2 Å². The summed E-state index contributed by atoms with van der Waals surface area (Å²) in [5.41, 5.74) is 28.1. The van der Waals surface area contributed by atoms with Crippen molar-refractivity contribution in [3.05, 3.63) is 357 Å². The van der Waals surface area contributed by atoms with Gasteiger partial charge in [-0.1, -0.05) is 134 Å². The molecule has 0 saturated heterocycles. The first kappa shape index (κ1) is 101. The molecule has 22 nitrogen and oxygen atoms in total. The van der Waals surface area contributed by atoms with Crippen LogP contribution in [0, 0.1) is 34.9 Å². The van der Waals surface area contributed by atoms with E-state index in [0.29, 0.717) is 96.2 Å². The number of rotatable bonds is 24. The van der Waals surface area contributed by atoms with Crippen LogP contribution in [0.5, 0.6) is 57.5 Å². The smallest absolute Gasteiger partial charge is 0.222 e. The number of halogens is 9. The second-order valence-corrected chi connectivity index (χ2v) is 34.2. The van der Waals surface area contributed by atoms with Crippen LogP contribution in [0.25, 0.3) is 5.69 Å². The molecule has 0 unspecified atom stereocenters. The lowest BCUT2D eigenvalue weighted by atomic mass is 9.85. The van der Waals surface area contributed by atoms with E-state index in [9.17, 15) is 50.3 Å². The van der Waals surface area contributed by atoms with Crippen LogP contribution in [0.15, 0.2) is 262 Å². The molecule has 0 aliphatic heterocycles. The van der Waals surface area contributed by atoms with Gasteiger partial charge in [-0.05, 0) is 183 Å². The zero-order valence-electron chi connectivity index (χ0n) is 74.0. The van der Waals surface area contributed by atoms with Gasteiger partial charge in [0.15, 0.2) is 0 Å². The van der Waals surface area contributed by atoms with Crippen LogP contribution in [0.3, 0.4) is 0 Å². The molecule has 132 heavy (non-hydrogen) atoms. The van der Waals surface area contributed by atoms with Crippen LogP contribution in [0.1, 0.15) is 126 Å². The number of amides is 1. The van der Waals surface area contributed by atoms with E-state index in [-0.39, 0.29) is 112 Å². The lowest BCUT2D eigenvalue weighted by Crippen LogP contribution is -2.13. The molecular weight excluding hydrogens is 1760 g/mol. The maximum Gasteiger partial charge on any atom is 0.222 e. The molecule has 0 atom stereocenters. The van der Waals surface area contributed by atoms with E-state index < -0.39 is 34.9 Å². The molecule has 684 valence electrons. The van der Waals surface area contributed by atoms with Crippen molar-refractivity contribution >= 4 is 92.1 Å². The van der Waals surface area contributed by atoms with Crippen molar-refractivity contribution in [1.29, 1.82) is 0 Å². The topological polar surface area (TPSA) is 330 Å². The second kappa shape index (κ2) is 47.2. The number of nitrogens with one attached hydrogen (secondary N) is 1. The standard InChI is InChI=1S/C27H25F2N3O2.C26H26ClFN2O3.C24H24ClFN2O2.C11H10FN3O.C11H9FN2O.C2H3ClO/c1-27(2,3)26-16-21(32(31-26)20-6-4-5-19(28)14-20)15-22(33)13-18-7-8-24(17-25(18)29)34-23-9-11-30-12-10-23;1-16(31)30-25-15-22(9-10-29-25)33-21-7-5-17(24(28)14-21)12-20(32)13-18-11-19(26(2,3)4)6-8-23(18)27;1-24(2,3)17-5-7-21(25)16(10-17)12-18(29)11-15-4-6-19(13-22(15)26)30-20-8-9-28-23(27)14-20;12-9-5-7(1-2-10(9)13)16-8-3-4-15-11(14)6-8;12-10-7-9(1-2-11(10)13)15-8-3-5-14-6-4-8;1-2(3)4/h4-12,14,16-17H,13,15H2,1-3H3;5-11,14-15H,12-13H2,1-4H3,(H,29,30,31);4-10,13-14H,11-12H2,1-3H3,(H2,27,28);1-6H,13H2,(H2,14,15);1-7H,13H2;1H3. The molecule has 0 aliphatic carbocycles. The van der Waals surface area contributed by atoms with Crippen LogP contribution in [0.2, 0.25) is 10.0 Å². The highest BCUT2D eigenvalue weighted by atomic mass is 35.5. The minimum atomic E-state index is -0.536. The number of anilines is 5. The molecule has 6 aromatic heterocycles. The number of hydrogen-bond donors (Lipinski definition) is 5. The third-order valence-electron chi connectivity index (χ3n) is 18.8. The molecule has 6 heterocycles. The molecule has 1 amide bonds. The van der Waals surface area contributed by atoms with E-state index in [2.05, 4.69) is 88.5 Å². The van der Waals surface area contributed by atoms with Gasteiger partial charge >= 0.3 is 0 Å². The van der Waals surface area contributed by atoms with Crippen molar-refractivity contribution in [3.63, 3.8) is 0 Å². The van der Waals surface area contributed by atoms with Gasteiger partial charge in [-0.15, -0.1) is 0 Å². The Hall–Kier alpha value is -14.5. The quantitative estimate of drug-likeness (QED) is 0.0213. The van der Waals surface area contributed by atoms with E-state index >= 15 is 0 Å². The number of ether oxygens (including phenoxy) is 5. The Bertz CT molecular complexity index is 6360. The lowest BCUT2D eigenvalue weighted by molar-refractivity contribution is -0.118. The largest absolute Gasteiger partial charge is 0.457 e. The van der Waals surface area contributed by atoms with Crippen LogP contribution >= 0.6 is 34.8 Å². The summed E-state index contributed by atoms with van der Waals surface area (Å²) < 4.78 is 113. The molecule has 0 radical (unpaired) electrons. The number of Topliss-reactive ketones (excluding diaryl/α,β-unsaturated/α-hetero) is 3. The van der Waals surface area contributed by atoms with Gasteiger partial charge < -0.3 is 51.9 Å². The zero-order chi connectivity index (χ0) is 96.2. The number of pyridine rings is 5. The van der Waals surface area contributed by atoms with Gasteiger partial charge in [-0.3, -0.25) is 33.9 Å². The summed E-state index contributed by atoms with van der Waals surface area (Å²) in [6.45, 7) is 21.3. The van der Waals surface area contributed by atoms with Crippen LogP contribution in [-0.2, 0) is 78.7 Å². The van der Waals surface area contributed by atoms with Gasteiger partial charge in [-0.2, -0.15) is 5.10 Å². The van der Waals surface area contributed by atoms with E-state index in [4.69, 9.17) is 69.8 Å².